The summed E-state index contributed by atoms with van der Waals surface area (Å²) in [4.78, 5) is 1.72. The average Bonchev–Trinajstić information content (AvgIpc) is 2.29. The first kappa shape index (κ1) is 14.5. The van der Waals surface area contributed by atoms with Gasteiger partial charge in [0.25, 0.3) is 0 Å². The molecule has 0 radical (unpaired) electrons. The number of rotatable bonds is 0. The van der Waals surface area contributed by atoms with Crippen LogP contribution in [0.5, 0.6) is 5.75 Å². The highest BCUT2D eigenvalue weighted by Gasteiger charge is 2.34. The van der Waals surface area contributed by atoms with Crippen molar-refractivity contribution < 1.29 is 17.9 Å². The van der Waals surface area contributed by atoms with Crippen LogP contribution in [-0.4, -0.2) is 20.2 Å². The van der Waals surface area contributed by atoms with E-state index in [0.29, 0.717) is 24.6 Å². The number of hydrogen-bond acceptors (Lipinski definition) is 3. The molecule has 0 saturated heterocycles. The Morgan fingerprint density at radius 3 is 2.44 bits per heavy atom. The van der Waals surface area contributed by atoms with Crippen molar-refractivity contribution >= 4 is 11.4 Å². The van der Waals surface area contributed by atoms with Crippen LogP contribution >= 0.6 is 0 Å². The Morgan fingerprint density at radius 2 is 1.89 bits per heavy atom. The minimum Gasteiger partial charge on any atom is -0.489 e. The average molecular weight is 262 g/mol. The zero-order valence-corrected chi connectivity index (χ0v) is 10.6. The van der Waals surface area contributed by atoms with E-state index in [1.807, 2.05) is 13.8 Å². The predicted molar refractivity (Wildman–Crippen MR) is 66.0 cm³/mol. The van der Waals surface area contributed by atoms with Crippen LogP contribution in [-0.2, 0) is 6.18 Å². The van der Waals surface area contributed by atoms with E-state index in [1.54, 1.807) is 11.9 Å². The van der Waals surface area contributed by atoms with Crippen molar-refractivity contribution in [1.82, 2.24) is 0 Å². The van der Waals surface area contributed by atoms with Crippen LogP contribution in [0.1, 0.15) is 19.4 Å². The Bertz CT molecular complexity index is 419. The first-order chi connectivity index (χ1) is 8.39. The smallest absolute Gasteiger partial charge is 0.418 e. The topological polar surface area (TPSA) is 38.5 Å². The van der Waals surface area contributed by atoms with Gasteiger partial charge in [-0.25, -0.2) is 0 Å². The van der Waals surface area contributed by atoms with Gasteiger partial charge in [0.2, 0.25) is 0 Å². The van der Waals surface area contributed by atoms with Crippen LogP contribution < -0.4 is 15.4 Å². The van der Waals surface area contributed by atoms with Crippen LogP contribution in [0.15, 0.2) is 12.1 Å². The minimum absolute atomic E-state index is 0.304. The maximum atomic E-state index is 12.6. The lowest BCUT2D eigenvalue weighted by molar-refractivity contribution is -0.136. The van der Waals surface area contributed by atoms with Gasteiger partial charge >= 0.3 is 6.18 Å². The molecule has 0 amide bonds. The lowest BCUT2D eigenvalue weighted by atomic mass is 10.1. The number of halogens is 3. The number of likely N-dealkylation sites (N-methyl/N-ethyl adjacent to an activating group) is 1. The van der Waals surface area contributed by atoms with Gasteiger partial charge in [0.15, 0.2) is 0 Å². The fourth-order valence-electron chi connectivity index (χ4n) is 1.66. The van der Waals surface area contributed by atoms with Crippen LogP contribution in [0.4, 0.5) is 24.5 Å². The summed E-state index contributed by atoms with van der Waals surface area (Å²) < 4.78 is 43.1. The number of fused-ring (bicyclic) bond motifs is 1. The Kier molecular flexibility index (Phi) is 4.32. The maximum absolute atomic E-state index is 12.6. The molecule has 0 unspecified atom stereocenters. The third-order valence-corrected chi connectivity index (χ3v) is 2.53. The van der Waals surface area contributed by atoms with E-state index in [0.717, 1.165) is 6.07 Å². The molecular weight excluding hydrogens is 245 g/mol. The Hall–Kier alpha value is -1.59. The molecule has 0 saturated carbocycles. The monoisotopic (exact) mass is 262 g/mol. The summed E-state index contributed by atoms with van der Waals surface area (Å²) in [6, 6.07) is 2.26. The molecule has 1 aromatic carbocycles. The highest BCUT2D eigenvalue weighted by Crippen LogP contribution is 2.41. The van der Waals surface area contributed by atoms with E-state index in [-0.39, 0.29) is 5.69 Å². The molecule has 1 aliphatic rings. The van der Waals surface area contributed by atoms with E-state index in [2.05, 4.69) is 0 Å². The zero-order chi connectivity index (χ0) is 13.9. The highest BCUT2D eigenvalue weighted by atomic mass is 19.4. The summed E-state index contributed by atoms with van der Waals surface area (Å²) in [7, 11) is 1.72. The largest absolute Gasteiger partial charge is 0.489 e. The molecule has 18 heavy (non-hydrogen) atoms. The summed E-state index contributed by atoms with van der Waals surface area (Å²) in [5.41, 5.74) is 4.66. The molecule has 0 spiro atoms. The molecule has 2 N–H and O–H groups in total. The van der Waals surface area contributed by atoms with Crippen molar-refractivity contribution in [3.05, 3.63) is 17.7 Å². The van der Waals surface area contributed by atoms with Gasteiger partial charge in [0.05, 0.1) is 17.8 Å². The van der Waals surface area contributed by atoms with Crippen LogP contribution in [0, 0.1) is 0 Å². The lowest BCUT2D eigenvalue weighted by Gasteiger charge is -2.28. The summed E-state index contributed by atoms with van der Waals surface area (Å²) >= 11 is 0. The fourth-order valence-corrected chi connectivity index (χ4v) is 1.66. The zero-order valence-electron chi connectivity index (χ0n) is 10.6. The van der Waals surface area contributed by atoms with Gasteiger partial charge in [0, 0.05) is 18.8 Å². The third kappa shape index (κ3) is 2.80. The molecule has 0 atom stereocenters. The van der Waals surface area contributed by atoms with Gasteiger partial charge in [-0.05, 0) is 6.07 Å². The molecule has 6 heteroatoms. The van der Waals surface area contributed by atoms with E-state index < -0.39 is 11.7 Å². The molecule has 1 aliphatic heterocycles. The molecule has 1 heterocycles. The molecule has 102 valence electrons. The second-order valence-corrected chi connectivity index (χ2v) is 3.67. The number of anilines is 2. The van der Waals surface area contributed by atoms with Gasteiger partial charge in [-0.2, -0.15) is 13.2 Å². The van der Waals surface area contributed by atoms with Gasteiger partial charge in [0.1, 0.15) is 12.4 Å². The van der Waals surface area contributed by atoms with Gasteiger partial charge in [-0.3, -0.25) is 0 Å². The summed E-state index contributed by atoms with van der Waals surface area (Å²) in [6.45, 7) is 5.02. The molecule has 2 rings (SSSR count). The maximum Gasteiger partial charge on any atom is 0.418 e. The van der Waals surface area contributed by atoms with Crippen molar-refractivity contribution in [2.24, 2.45) is 0 Å². The van der Waals surface area contributed by atoms with E-state index in [1.165, 1.54) is 6.07 Å². The second-order valence-electron chi connectivity index (χ2n) is 3.67. The molecule has 0 aromatic heterocycles. The number of ether oxygens (including phenoxy) is 1. The predicted octanol–water partition coefficient (Wildman–Crippen LogP) is 3.14. The standard InChI is InChI=1S/C10H11F3N2O.C2H6/c1-15-2-3-16-9-5-7(14)6(4-8(9)15)10(11,12)13;1-2/h4-5H,2-3,14H2,1H3;1-2H3. The van der Waals surface area contributed by atoms with E-state index >= 15 is 0 Å². The fraction of sp³-hybridized carbons (Fsp3) is 0.500. The van der Waals surface area contributed by atoms with Crippen LogP contribution in [0.3, 0.4) is 0 Å². The van der Waals surface area contributed by atoms with Gasteiger partial charge in [-0.1, -0.05) is 13.8 Å². The van der Waals surface area contributed by atoms with Crippen molar-refractivity contribution in [2.45, 2.75) is 20.0 Å². The van der Waals surface area contributed by atoms with Crippen molar-refractivity contribution in [2.75, 3.05) is 30.8 Å². The summed E-state index contributed by atoms with van der Waals surface area (Å²) in [6.07, 6.45) is -4.43. The molecular formula is C12H17F3N2O. The first-order valence-electron chi connectivity index (χ1n) is 5.74. The van der Waals surface area contributed by atoms with Crippen LogP contribution in [0.25, 0.3) is 0 Å². The first-order valence-corrected chi connectivity index (χ1v) is 5.74. The Morgan fingerprint density at radius 1 is 1.28 bits per heavy atom. The quantitative estimate of drug-likeness (QED) is 0.730. The molecule has 0 fully saturated rings. The van der Waals surface area contributed by atoms with Crippen molar-refractivity contribution in [3.63, 3.8) is 0 Å². The Balaban J connectivity index is 0.000000771. The van der Waals surface area contributed by atoms with E-state index in [9.17, 15) is 13.2 Å². The van der Waals surface area contributed by atoms with Crippen LogP contribution in [0.2, 0.25) is 0 Å². The number of hydrogen-bond donors (Lipinski definition) is 1. The molecule has 0 aliphatic carbocycles. The molecule has 3 nitrogen and oxygen atoms in total. The normalized spacial score (nSPS) is 14.2. The third-order valence-electron chi connectivity index (χ3n) is 2.53. The van der Waals surface area contributed by atoms with Gasteiger partial charge in [-0.15, -0.1) is 0 Å². The van der Waals surface area contributed by atoms with Gasteiger partial charge < -0.3 is 15.4 Å². The second kappa shape index (κ2) is 5.37. The number of nitrogen functional groups attached to an aromatic ring is 1. The Labute approximate surface area is 104 Å². The summed E-state index contributed by atoms with van der Waals surface area (Å²) in [5.74, 6) is 0.402. The van der Waals surface area contributed by atoms with Crippen molar-refractivity contribution in [3.8, 4) is 5.75 Å². The SMILES string of the molecule is CC.CN1CCOc2cc(N)c(C(F)(F)F)cc21. The van der Waals surface area contributed by atoms with E-state index in [4.69, 9.17) is 10.5 Å². The number of alkyl halides is 3. The number of nitrogens with two attached hydrogens (primary N) is 1. The number of nitrogens with zero attached hydrogens (tertiary/aromatic N) is 1. The minimum atomic E-state index is -4.43. The van der Waals surface area contributed by atoms with Crippen molar-refractivity contribution in [1.29, 1.82) is 0 Å². The molecule has 0 bridgehead atoms. The number of benzene rings is 1. The highest BCUT2D eigenvalue weighted by molar-refractivity contribution is 5.68. The summed E-state index contributed by atoms with van der Waals surface area (Å²) in [5, 5.41) is 0. The lowest BCUT2D eigenvalue weighted by Crippen LogP contribution is -2.29. The molecule has 1 aromatic rings.